The molecule has 0 spiro atoms. The van der Waals surface area contributed by atoms with Gasteiger partial charge >= 0.3 is 13.9 Å². The van der Waals surface area contributed by atoms with E-state index in [1.165, 1.54) is 31.4 Å². The third kappa shape index (κ3) is 6.20. The SMILES string of the molecule is CN(N)NC(N)=Nc1ccc(-c2ccc(N3C[C@H](COP(=O)(O)O)OC3=O)cc2F)cn1. The summed E-state index contributed by atoms with van der Waals surface area (Å²) in [6.45, 7) is -0.547. The second-order valence-electron chi connectivity index (χ2n) is 6.69. The number of ether oxygens (including phenoxy) is 1. The van der Waals surface area contributed by atoms with Gasteiger partial charge in [-0.1, -0.05) is 0 Å². The Labute approximate surface area is 181 Å². The predicted molar refractivity (Wildman–Crippen MR) is 112 cm³/mol. The van der Waals surface area contributed by atoms with Crippen LogP contribution in [-0.4, -0.2) is 58.2 Å². The molecule has 7 N–H and O–H groups in total. The zero-order valence-corrected chi connectivity index (χ0v) is 17.6. The van der Waals surface area contributed by atoms with Crippen molar-refractivity contribution >= 4 is 31.4 Å². The van der Waals surface area contributed by atoms with Crippen molar-refractivity contribution in [2.75, 3.05) is 25.1 Å². The van der Waals surface area contributed by atoms with Crippen LogP contribution in [0.2, 0.25) is 0 Å². The van der Waals surface area contributed by atoms with Crippen molar-refractivity contribution in [3.05, 3.63) is 42.3 Å². The van der Waals surface area contributed by atoms with Crippen LogP contribution in [0, 0.1) is 5.82 Å². The van der Waals surface area contributed by atoms with E-state index in [-0.39, 0.29) is 29.6 Å². The smallest absolute Gasteiger partial charge is 0.441 e. The number of cyclic esters (lactones) is 1. The van der Waals surface area contributed by atoms with Gasteiger partial charge in [-0.05, 0) is 30.3 Å². The van der Waals surface area contributed by atoms with Crippen molar-refractivity contribution < 1.29 is 32.8 Å². The molecule has 1 aromatic heterocycles. The number of aromatic nitrogens is 1. The molecule has 1 saturated heterocycles. The van der Waals surface area contributed by atoms with Gasteiger partial charge in [0.1, 0.15) is 11.9 Å². The first kappa shape index (κ1) is 23.5. The summed E-state index contributed by atoms with van der Waals surface area (Å²) in [7, 11) is -3.17. The highest BCUT2D eigenvalue weighted by Crippen LogP contribution is 2.37. The number of hydrogen-bond acceptors (Lipinski definition) is 8. The summed E-state index contributed by atoms with van der Waals surface area (Å²) in [5.41, 5.74) is 9.11. The van der Waals surface area contributed by atoms with Gasteiger partial charge in [0.25, 0.3) is 0 Å². The minimum Gasteiger partial charge on any atom is -0.441 e. The molecule has 0 saturated carbocycles. The summed E-state index contributed by atoms with van der Waals surface area (Å²) >= 11 is 0. The molecular formula is C17H21FN7O6P. The molecule has 1 amide bonds. The molecule has 1 atom stereocenters. The molecule has 1 aliphatic rings. The van der Waals surface area contributed by atoms with Crippen LogP contribution in [0.1, 0.15) is 0 Å². The number of guanidine groups is 1. The molecule has 3 rings (SSSR count). The van der Waals surface area contributed by atoms with Gasteiger partial charge in [0.2, 0.25) is 5.96 Å². The van der Waals surface area contributed by atoms with Crippen molar-refractivity contribution in [1.82, 2.24) is 15.5 Å². The lowest BCUT2D eigenvalue weighted by Crippen LogP contribution is -2.47. The van der Waals surface area contributed by atoms with E-state index in [9.17, 15) is 13.8 Å². The Morgan fingerprint density at radius 1 is 1.47 bits per heavy atom. The lowest BCUT2D eigenvalue weighted by molar-refractivity contribution is 0.0880. The summed E-state index contributed by atoms with van der Waals surface area (Å²) in [5, 5.41) is 1.12. The number of aliphatic imine (C=N–C) groups is 1. The van der Waals surface area contributed by atoms with Crippen LogP contribution in [0.5, 0.6) is 0 Å². The number of carbonyl (C=O) groups is 1. The van der Waals surface area contributed by atoms with E-state index in [1.807, 2.05) is 0 Å². The maximum absolute atomic E-state index is 14.8. The van der Waals surface area contributed by atoms with Crippen LogP contribution in [-0.2, 0) is 13.8 Å². The maximum Gasteiger partial charge on any atom is 0.469 e. The summed E-state index contributed by atoms with van der Waals surface area (Å²) in [6.07, 6.45) is -0.276. The van der Waals surface area contributed by atoms with Crippen LogP contribution in [0.15, 0.2) is 41.5 Å². The van der Waals surface area contributed by atoms with Crippen molar-refractivity contribution in [2.24, 2.45) is 16.6 Å². The van der Waals surface area contributed by atoms with E-state index >= 15 is 0 Å². The number of phosphoric ester groups is 1. The molecular weight excluding hydrogens is 448 g/mol. The van der Waals surface area contributed by atoms with E-state index < -0.39 is 32.4 Å². The highest BCUT2D eigenvalue weighted by atomic mass is 31.2. The maximum atomic E-state index is 14.8. The van der Waals surface area contributed by atoms with Crippen molar-refractivity contribution in [3.63, 3.8) is 0 Å². The number of hydrazine groups is 2. The topological polar surface area (TPSA) is 189 Å². The normalized spacial score (nSPS) is 17.1. The van der Waals surface area contributed by atoms with Crippen molar-refractivity contribution in [1.29, 1.82) is 0 Å². The first-order chi connectivity index (χ1) is 15.0. The van der Waals surface area contributed by atoms with Gasteiger partial charge in [-0.2, -0.15) is 10.1 Å². The zero-order chi connectivity index (χ0) is 23.5. The molecule has 1 aromatic carbocycles. The van der Waals surface area contributed by atoms with Crippen molar-refractivity contribution in [3.8, 4) is 11.1 Å². The van der Waals surface area contributed by atoms with Gasteiger partial charge in [-0.3, -0.25) is 20.7 Å². The van der Waals surface area contributed by atoms with Crippen LogP contribution in [0.4, 0.5) is 20.7 Å². The van der Waals surface area contributed by atoms with E-state index in [2.05, 4.69) is 19.9 Å². The fourth-order valence-electron chi connectivity index (χ4n) is 2.85. The van der Waals surface area contributed by atoms with Crippen LogP contribution in [0.3, 0.4) is 0 Å². The van der Waals surface area contributed by atoms with E-state index in [0.717, 1.165) is 16.1 Å². The summed E-state index contributed by atoms with van der Waals surface area (Å²) in [4.78, 5) is 38.8. The number of hydrogen-bond donors (Lipinski definition) is 5. The minimum atomic E-state index is -4.70. The number of amides is 1. The number of anilines is 1. The van der Waals surface area contributed by atoms with E-state index in [0.29, 0.717) is 5.56 Å². The third-order valence-electron chi connectivity index (χ3n) is 4.15. The summed E-state index contributed by atoms with van der Waals surface area (Å²) in [6, 6.07) is 7.27. The first-order valence-electron chi connectivity index (χ1n) is 9.05. The highest BCUT2D eigenvalue weighted by molar-refractivity contribution is 7.46. The molecule has 15 heteroatoms. The molecule has 0 bridgehead atoms. The lowest BCUT2D eigenvalue weighted by Gasteiger charge is -2.14. The minimum absolute atomic E-state index is 0.0211. The molecule has 1 aliphatic heterocycles. The van der Waals surface area contributed by atoms with Crippen LogP contribution in [0.25, 0.3) is 11.1 Å². The van der Waals surface area contributed by atoms with Gasteiger partial charge in [-0.25, -0.2) is 18.7 Å². The fraction of sp³-hybridized carbons (Fsp3) is 0.235. The molecule has 2 heterocycles. The summed E-state index contributed by atoms with van der Waals surface area (Å²) < 4.78 is 34.9. The van der Waals surface area contributed by atoms with Crippen LogP contribution >= 0.6 is 7.82 Å². The number of phosphoric acid groups is 1. The fourth-order valence-corrected chi connectivity index (χ4v) is 3.21. The third-order valence-corrected chi connectivity index (χ3v) is 4.64. The van der Waals surface area contributed by atoms with Gasteiger partial charge in [-0.15, -0.1) is 0 Å². The monoisotopic (exact) mass is 469 g/mol. The largest absolute Gasteiger partial charge is 0.469 e. The Balaban J connectivity index is 1.71. The first-order valence-corrected chi connectivity index (χ1v) is 10.6. The Morgan fingerprint density at radius 2 is 2.22 bits per heavy atom. The van der Waals surface area contributed by atoms with Crippen LogP contribution < -0.4 is 21.9 Å². The standard InChI is InChI=1S/C17H21FN7O6P/c1-24(20)23-16(19)22-15-5-2-10(7-21-15)13-4-3-11(6-14(13)18)25-8-12(31-17(25)26)9-30-32(27,28)29/h2-7,12H,8-9,20H2,1H3,(H2,27,28,29)(H3,19,21,22,23)/t12-/m1/s1. The molecule has 0 unspecified atom stereocenters. The number of carbonyl (C=O) groups excluding carboxylic acids is 1. The van der Waals surface area contributed by atoms with Gasteiger partial charge in [0, 0.05) is 24.4 Å². The molecule has 1 fully saturated rings. The number of pyridine rings is 1. The Hall–Kier alpha value is -3.13. The number of halogens is 1. The average molecular weight is 469 g/mol. The summed E-state index contributed by atoms with van der Waals surface area (Å²) in [5.74, 6) is 5.08. The molecule has 0 radical (unpaired) electrons. The van der Waals surface area contributed by atoms with Crippen molar-refractivity contribution in [2.45, 2.75) is 6.10 Å². The highest BCUT2D eigenvalue weighted by Gasteiger charge is 2.34. The Kier molecular flexibility index (Phi) is 7.03. The van der Waals surface area contributed by atoms with Gasteiger partial charge < -0.3 is 20.3 Å². The number of nitrogens with zero attached hydrogens (tertiary/aromatic N) is 4. The quantitative estimate of drug-likeness (QED) is 0.125. The molecule has 13 nitrogen and oxygen atoms in total. The number of benzene rings is 1. The molecule has 0 aliphatic carbocycles. The number of rotatable bonds is 7. The van der Waals surface area contributed by atoms with Gasteiger partial charge in [0.15, 0.2) is 5.82 Å². The number of nitrogens with one attached hydrogen (secondary N) is 1. The second kappa shape index (κ2) is 9.56. The molecule has 32 heavy (non-hydrogen) atoms. The predicted octanol–water partition coefficient (Wildman–Crippen LogP) is 0.579. The average Bonchev–Trinajstić information content (AvgIpc) is 3.07. The Bertz CT molecular complexity index is 1060. The lowest BCUT2D eigenvalue weighted by atomic mass is 10.1. The van der Waals surface area contributed by atoms with E-state index in [1.54, 1.807) is 6.07 Å². The molecule has 172 valence electrons. The van der Waals surface area contributed by atoms with E-state index in [4.69, 9.17) is 26.1 Å². The van der Waals surface area contributed by atoms with Gasteiger partial charge in [0.05, 0.1) is 18.8 Å². The number of nitrogens with two attached hydrogens (primary N) is 2. The molecule has 2 aromatic rings. The Morgan fingerprint density at radius 3 is 2.81 bits per heavy atom. The zero-order valence-electron chi connectivity index (χ0n) is 16.8. The second-order valence-corrected chi connectivity index (χ2v) is 7.93.